The van der Waals surface area contributed by atoms with E-state index in [0.29, 0.717) is 12.0 Å². The highest BCUT2D eigenvalue weighted by Crippen LogP contribution is 2.24. The Morgan fingerprint density at radius 3 is 2.59 bits per heavy atom. The number of piperidine rings is 1. The molecule has 94 valence electrons. The molecule has 1 aliphatic heterocycles. The standard InChI is InChI=1S/C14H22N2O/c1-11-10-15-9-8-14(11)16(2)12-4-6-13(17-3)7-5-12/h4-7,11,14-15H,8-10H2,1-3H3. The molecule has 17 heavy (non-hydrogen) atoms. The van der Waals surface area contributed by atoms with Crippen LogP contribution < -0.4 is 15.0 Å². The van der Waals surface area contributed by atoms with Crippen LogP contribution in [0.25, 0.3) is 0 Å². The van der Waals surface area contributed by atoms with Crippen LogP contribution in [0.15, 0.2) is 24.3 Å². The Balaban J connectivity index is 2.09. The van der Waals surface area contributed by atoms with Gasteiger partial charge in [-0.05, 0) is 49.7 Å². The predicted molar refractivity (Wildman–Crippen MR) is 71.8 cm³/mol. The molecule has 0 aromatic heterocycles. The monoisotopic (exact) mass is 234 g/mol. The van der Waals surface area contributed by atoms with Crippen LogP contribution in [0.2, 0.25) is 0 Å². The van der Waals surface area contributed by atoms with Crippen molar-refractivity contribution in [3.8, 4) is 5.75 Å². The van der Waals surface area contributed by atoms with Gasteiger partial charge in [-0.15, -0.1) is 0 Å². The Kier molecular flexibility index (Phi) is 3.89. The Morgan fingerprint density at radius 1 is 1.29 bits per heavy atom. The molecule has 3 heteroatoms. The highest BCUT2D eigenvalue weighted by Gasteiger charge is 2.24. The van der Waals surface area contributed by atoms with Gasteiger partial charge in [-0.3, -0.25) is 0 Å². The number of ether oxygens (including phenoxy) is 1. The van der Waals surface area contributed by atoms with Gasteiger partial charge in [-0.2, -0.15) is 0 Å². The van der Waals surface area contributed by atoms with Gasteiger partial charge in [0.05, 0.1) is 7.11 Å². The Morgan fingerprint density at radius 2 is 2.00 bits per heavy atom. The lowest BCUT2D eigenvalue weighted by Crippen LogP contribution is -2.47. The first-order valence-corrected chi connectivity index (χ1v) is 6.30. The van der Waals surface area contributed by atoms with E-state index in [9.17, 15) is 0 Å². The highest BCUT2D eigenvalue weighted by molar-refractivity contribution is 5.49. The number of nitrogens with zero attached hydrogens (tertiary/aromatic N) is 1. The van der Waals surface area contributed by atoms with E-state index in [2.05, 4.69) is 36.3 Å². The van der Waals surface area contributed by atoms with Gasteiger partial charge in [0.2, 0.25) is 0 Å². The van der Waals surface area contributed by atoms with Crippen molar-refractivity contribution in [2.45, 2.75) is 19.4 Å². The Hall–Kier alpha value is -1.22. The summed E-state index contributed by atoms with van der Waals surface area (Å²) in [6, 6.07) is 8.95. The van der Waals surface area contributed by atoms with Crippen LogP contribution >= 0.6 is 0 Å². The summed E-state index contributed by atoms with van der Waals surface area (Å²) < 4.78 is 5.19. The maximum Gasteiger partial charge on any atom is 0.119 e. The van der Waals surface area contributed by atoms with Crippen molar-refractivity contribution in [3.05, 3.63) is 24.3 Å². The van der Waals surface area contributed by atoms with Gasteiger partial charge in [-0.25, -0.2) is 0 Å². The van der Waals surface area contributed by atoms with Crippen LogP contribution in [0, 0.1) is 5.92 Å². The van der Waals surface area contributed by atoms with E-state index in [1.54, 1.807) is 7.11 Å². The van der Waals surface area contributed by atoms with Crippen LogP contribution in [-0.4, -0.2) is 33.3 Å². The first-order valence-electron chi connectivity index (χ1n) is 6.30. The molecule has 0 bridgehead atoms. The molecule has 0 saturated carbocycles. The molecule has 2 atom stereocenters. The highest BCUT2D eigenvalue weighted by atomic mass is 16.5. The molecule has 0 amide bonds. The summed E-state index contributed by atoms with van der Waals surface area (Å²) in [7, 11) is 3.89. The molecule has 1 N–H and O–H groups in total. The van der Waals surface area contributed by atoms with Crippen molar-refractivity contribution in [1.29, 1.82) is 0 Å². The zero-order valence-electron chi connectivity index (χ0n) is 10.9. The lowest BCUT2D eigenvalue weighted by atomic mass is 9.93. The van der Waals surface area contributed by atoms with Crippen molar-refractivity contribution < 1.29 is 4.74 Å². The first kappa shape index (κ1) is 12.2. The van der Waals surface area contributed by atoms with Crippen LogP contribution in [0.5, 0.6) is 5.75 Å². The smallest absolute Gasteiger partial charge is 0.119 e. The Bertz CT molecular complexity index is 350. The third kappa shape index (κ3) is 2.72. The molecular formula is C14H22N2O. The fourth-order valence-electron chi connectivity index (χ4n) is 2.58. The minimum atomic E-state index is 0.629. The van der Waals surface area contributed by atoms with Crippen molar-refractivity contribution in [2.24, 2.45) is 5.92 Å². The summed E-state index contributed by atoms with van der Waals surface area (Å²) in [6.45, 7) is 4.55. The maximum absolute atomic E-state index is 5.19. The van der Waals surface area contributed by atoms with Crippen molar-refractivity contribution in [1.82, 2.24) is 5.32 Å². The van der Waals surface area contributed by atoms with E-state index in [1.807, 2.05) is 12.1 Å². The molecule has 2 rings (SSSR count). The molecule has 1 aromatic carbocycles. The summed E-state index contributed by atoms with van der Waals surface area (Å²) >= 11 is 0. The van der Waals surface area contributed by atoms with Gasteiger partial charge in [-0.1, -0.05) is 6.92 Å². The minimum Gasteiger partial charge on any atom is -0.497 e. The number of anilines is 1. The fourth-order valence-corrected chi connectivity index (χ4v) is 2.58. The van der Waals surface area contributed by atoms with Gasteiger partial charge < -0.3 is 15.0 Å². The zero-order chi connectivity index (χ0) is 12.3. The third-order valence-corrected chi connectivity index (χ3v) is 3.72. The molecule has 1 fully saturated rings. The number of hydrogen-bond donors (Lipinski definition) is 1. The number of methoxy groups -OCH3 is 1. The summed E-state index contributed by atoms with van der Waals surface area (Å²) in [5, 5.41) is 3.44. The first-order chi connectivity index (χ1) is 8.22. The second kappa shape index (κ2) is 5.41. The molecule has 0 radical (unpaired) electrons. The molecular weight excluding hydrogens is 212 g/mol. The second-order valence-electron chi connectivity index (χ2n) is 4.85. The minimum absolute atomic E-state index is 0.629. The summed E-state index contributed by atoms with van der Waals surface area (Å²) in [4.78, 5) is 2.39. The van der Waals surface area contributed by atoms with Crippen LogP contribution in [-0.2, 0) is 0 Å². The van der Waals surface area contributed by atoms with E-state index in [4.69, 9.17) is 4.74 Å². The van der Waals surface area contributed by atoms with E-state index in [-0.39, 0.29) is 0 Å². The molecule has 1 aliphatic rings. The second-order valence-corrected chi connectivity index (χ2v) is 4.85. The normalized spacial score (nSPS) is 24.4. The summed E-state index contributed by atoms with van der Waals surface area (Å²) in [5.41, 5.74) is 1.27. The molecule has 0 spiro atoms. The molecule has 1 heterocycles. The Labute approximate surface area is 104 Å². The molecule has 2 unspecified atom stereocenters. The van der Waals surface area contributed by atoms with Crippen molar-refractivity contribution in [2.75, 3.05) is 32.1 Å². The van der Waals surface area contributed by atoms with Gasteiger partial charge in [0.25, 0.3) is 0 Å². The number of nitrogens with one attached hydrogen (secondary N) is 1. The average Bonchev–Trinajstić information content (AvgIpc) is 2.39. The van der Waals surface area contributed by atoms with Crippen molar-refractivity contribution >= 4 is 5.69 Å². The number of rotatable bonds is 3. The van der Waals surface area contributed by atoms with Crippen LogP contribution in [0.3, 0.4) is 0 Å². The van der Waals surface area contributed by atoms with E-state index in [1.165, 1.54) is 12.1 Å². The van der Waals surface area contributed by atoms with Gasteiger partial charge in [0, 0.05) is 18.8 Å². The van der Waals surface area contributed by atoms with E-state index < -0.39 is 0 Å². The van der Waals surface area contributed by atoms with Gasteiger partial charge in [0.1, 0.15) is 5.75 Å². The molecule has 1 saturated heterocycles. The lowest BCUT2D eigenvalue weighted by molar-refractivity contribution is 0.339. The number of hydrogen-bond acceptors (Lipinski definition) is 3. The van der Waals surface area contributed by atoms with E-state index >= 15 is 0 Å². The molecule has 0 aliphatic carbocycles. The van der Waals surface area contributed by atoms with Crippen molar-refractivity contribution in [3.63, 3.8) is 0 Å². The summed E-state index contributed by atoms with van der Waals surface area (Å²) in [5.74, 6) is 1.61. The van der Waals surface area contributed by atoms with Crippen LogP contribution in [0.4, 0.5) is 5.69 Å². The number of benzene rings is 1. The SMILES string of the molecule is COc1ccc(N(C)C2CCNCC2C)cc1. The third-order valence-electron chi connectivity index (χ3n) is 3.72. The quantitative estimate of drug-likeness (QED) is 0.867. The van der Waals surface area contributed by atoms with Gasteiger partial charge >= 0.3 is 0 Å². The topological polar surface area (TPSA) is 24.5 Å². The molecule has 3 nitrogen and oxygen atoms in total. The van der Waals surface area contributed by atoms with Crippen LogP contribution in [0.1, 0.15) is 13.3 Å². The average molecular weight is 234 g/mol. The van der Waals surface area contributed by atoms with Gasteiger partial charge in [0.15, 0.2) is 0 Å². The van der Waals surface area contributed by atoms with E-state index in [0.717, 1.165) is 18.8 Å². The molecule has 1 aromatic rings. The maximum atomic E-state index is 5.19. The summed E-state index contributed by atoms with van der Waals surface area (Å²) in [6.07, 6.45) is 1.21. The fraction of sp³-hybridized carbons (Fsp3) is 0.571. The largest absolute Gasteiger partial charge is 0.497 e. The zero-order valence-corrected chi connectivity index (χ0v) is 10.9. The predicted octanol–water partition coefficient (Wildman–Crippen LogP) is 2.13. The lowest BCUT2D eigenvalue weighted by Gasteiger charge is -2.38.